The highest BCUT2D eigenvalue weighted by molar-refractivity contribution is 5.22. The average Bonchev–Trinajstić information content (AvgIpc) is 2.40. The lowest BCUT2D eigenvalue weighted by atomic mass is 10.0. The highest BCUT2D eigenvalue weighted by Crippen LogP contribution is 2.17. The van der Waals surface area contributed by atoms with Gasteiger partial charge >= 0.3 is 0 Å². The fourth-order valence-corrected chi connectivity index (χ4v) is 1.36. The molecule has 0 aliphatic heterocycles. The van der Waals surface area contributed by atoms with Crippen molar-refractivity contribution in [1.82, 2.24) is 0 Å². The van der Waals surface area contributed by atoms with Gasteiger partial charge in [-0.05, 0) is 25.5 Å². The normalized spacial score (nSPS) is 16.4. The van der Waals surface area contributed by atoms with Crippen molar-refractivity contribution in [2.45, 2.75) is 26.1 Å². The van der Waals surface area contributed by atoms with Crippen LogP contribution in [-0.2, 0) is 9.47 Å². The first-order chi connectivity index (χ1) is 8.55. The van der Waals surface area contributed by atoms with Crippen LogP contribution in [0.2, 0.25) is 0 Å². The van der Waals surface area contributed by atoms with Crippen LogP contribution in [0, 0.1) is 0 Å². The summed E-state index contributed by atoms with van der Waals surface area (Å²) in [5.41, 5.74) is 0.590. The summed E-state index contributed by atoms with van der Waals surface area (Å²) in [5, 5.41) is 19.3. The molecule has 2 N–H and O–H groups in total. The number of hydrogen-bond acceptors (Lipinski definition) is 4. The SMILES string of the molecule is C=C/C(=C\C)C(O)C(CO)O/C(C=C)=C(\C)OC. The third kappa shape index (κ3) is 4.39. The standard InChI is InChI=1S/C14H22O4/c1-6-11(7-2)14(16)13(9-15)18-12(8-3)10(4)17-5/h6-8,13-16H,1,3,9H2,2,4-5H3/b11-7+,12-10+. The van der Waals surface area contributed by atoms with Crippen molar-refractivity contribution >= 4 is 0 Å². The molecule has 2 atom stereocenters. The minimum absolute atomic E-state index is 0.333. The molecule has 18 heavy (non-hydrogen) atoms. The van der Waals surface area contributed by atoms with E-state index in [1.165, 1.54) is 19.3 Å². The number of allylic oxidation sites excluding steroid dienone is 3. The Morgan fingerprint density at radius 2 is 1.94 bits per heavy atom. The van der Waals surface area contributed by atoms with Crippen molar-refractivity contribution in [3.05, 3.63) is 48.5 Å². The predicted octanol–water partition coefficient (Wildman–Crippen LogP) is 1.92. The van der Waals surface area contributed by atoms with E-state index in [9.17, 15) is 10.2 Å². The van der Waals surface area contributed by atoms with Gasteiger partial charge in [-0.3, -0.25) is 0 Å². The molecule has 0 radical (unpaired) electrons. The molecule has 0 aromatic rings. The van der Waals surface area contributed by atoms with Gasteiger partial charge in [-0.25, -0.2) is 0 Å². The lowest BCUT2D eigenvalue weighted by Gasteiger charge is -2.24. The summed E-state index contributed by atoms with van der Waals surface area (Å²) in [6, 6.07) is 0. The molecule has 0 spiro atoms. The Balaban J connectivity index is 5.01. The van der Waals surface area contributed by atoms with Gasteiger partial charge in [0.15, 0.2) is 11.9 Å². The third-order valence-corrected chi connectivity index (χ3v) is 2.56. The van der Waals surface area contributed by atoms with E-state index in [0.29, 0.717) is 17.1 Å². The molecule has 0 fully saturated rings. The van der Waals surface area contributed by atoms with Crippen molar-refractivity contribution in [1.29, 1.82) is 0 Å². The van der Waals surface area contributed by atoms with Gasteiger partial charge in [-0.2, -0.15) is 0 Å². The first kappa shape index (κ1) is 16.5. The summed E-state index contributed by atoms with van der Waals surface area (Å²) >= 11 is 0. The van der Waals surface area contributed by atoms with Crippen LogP contribution in [0.5, 0.6) is 0 Å². The largest absolute Gasteiger partial charge is 0.498 e. The Labute approximate surface area is 109 Å². The van der Waals surface area contributed by atoms with E-state index in [-0.39, 0.29) is 6.61 Å². The lowest BCUT2D eigenvalue weighted by molar-refractivity contribution is -0.0171. The fraction of sp³-hybridized carbons (Fsp3) is 0.429. The highest BCUT2D eigenvalue weighted by Gasteiger charge is 2.23. The second kappa shape index (κ2) is 8.55. The van der Waals surface area contributed by atoms with Gasteiger partial charge in [0.25, 0.3) is 0 Å². The first-order valence-corrected chi connectivity index (χ1v) is 5.67. The van der Waals surface area contributed by atoms with E-state index in [0.717, 1.165) is 0 Å². The molecule has 0 heterocycles. The van der Waals surface area contributed by atoms with Crippen LogP contribution in [0.15, 0.2) is 48.5 Å². The second-order valence-corrected chi connectivity index (χ2v) is 3.61. The smallest absolute Gasteiger partial charge is 0.156 e. The number of aliphatic hydroxyl groups excluding tert-OH is 2. The van der Waals surface area contributed by atoms with Crippen molar-refractivity contribution in [2.75, 3.05) is 13.7 Å². The van der Waals surface area contributed by atoms with Gasteiger partial charge in [0.1, 0.15) is 11.9 Å². The zero-order valence-electron chi connectivity index (χ0n) is 11.2. The molecule has 0 amide bonds. The molecule has 0 saturated heterocycles. The minimum Gasteiger partial charge on any atom is -0.498 e. The topological polar surface area (TPSA) is 58.9 Å². The van der Waals surface area contributed by atoms with Gasteiger partial charge in [0.2, 0.25) is 0 Å². The summed E-state index contributed by atoms with van der Waals surface area (Å²) in [4.78, 5) is 0. The van der Waals surface area contributed by atoms with E-state index >= 15 is 0 Å². The summed E-state index contributed by atoms with van der Waals surface area (Å²) in [6.45, 7) is 10.4. The van der Waals surface area contributed by atoms with E-state index in [1.54, 1.807) is 19.9 Å². The van der Waals surface area contributed by atoms with Gasteiger partial charge in [-0.1, -0.05) is 25.3 Å². The summed E-state index contributed by atoms with van der Waals surface area (Å²) < 4.78 is 10.5. The maximum atomic E-state index is 10.0. The molecular formula is C14H22O4. The molecule has 0 rings (SSSR count). The maximum absolute atomic E-state index is 10.0. The Morgan fingerprint density at radius 1 is 1.33 bits per heavy atom. The molecule has 0 saturated carbocycles. The second-order valence-electron chi connectivity index (χ2n) is 3.61. The molecule has 0 aliphatic rings. The van der Waals surface area contributed by atoms with E-state index in [4.69, 9.17) is 9.47 Å². The maximum Gasteiger partial charge on any atom is 0.156 e. The average molecular weight is 254 g/mol. The van der Waals surface area contributed by atoms with Crippen molar-refractivity contribution in [2.24, 2.45) is 0 Å². The van der Waals surface area contributed by atoms with Crippen molar-refractivity contribution in [3.8, 4) is 0 Å². The van der Waals surface area contributed by atoms with Crippen LogP contribution in [0.1, 0.15) is 13.8 Å². The third-order valence-electron chi connectivity index (χ3n) is 2.56. The first-order valence-electron chi connectivity index (χ1n) is 5.67. The zero-order valence-corrected chi connectivity index (χ0v) is 11.2. The van der Waals surface area contributed by atoms with Crippen LogP contribution < -0.4 is 0 Å². The Morgan fingerprint density at radius 3 is 2.28 bits per heavy atom. The highest BCUT2D eigenvalue weighted by atomic mass is 16.5. The fourth-order valence-electron chi connectivity index (χ4n) is 1.36. The predicted molar refractivity (Wildman–Crippen MR) is 71.8 cm³/mol. The van der Waals surface area contributed by atoms with Gasteiger partial charge in [0.05, 0.1) is 13.7 Å². The minimum atomic E-state index is -0.961. The molecule has 102 valence electrons. The quantitative estimate of drug-likeness (QED) is 0.513. The molecule has 4 nitrogen and oxygen atoms in total. The Bertz CT molecular complexity index is 342. The number of hydrogen-bond donors (Lipinski definition) is 2. The number of ether oxygens (including phenoxy) is 2. The summed E-state index contributed by atoms with van der Waals surface area (Å²) in [7, 11) is 1.51. The number of aliphatic hydroxyl groups is 2. The zero-order chi connectivity index (χ0) is 14.1. The molecule has 0 aromatic carbocycles. The van der Waals surface area contributed by atoms with Crippen LogP contribution >= 0.6 is 0 Å². The Hall–Kier alpha value is -1.52. The van der Waals surface area contributed by atoms with Crippen LogP contribution in [-0.4, -0.2) is 36.1 Å². The van der Waals surface area contributed by atoms with Gasteiger partial charge in [-0.15, -0.1) is 0 Å². The molecule has 0 aliphatic carbocycles. The molecule has 0 bridgehead atoms. The van der Waals surface area contributed by atoms with Gasteiger partial charge in [0, 0.05) is 0 Å². The van der Waals surface area contributed by atoms with Gasteiger partial charge < -0.3 is 19.7 Å². The van der Waals surface area contributed by atoms with Crippen LogP contribution in [0.3, 0.4) is 0 Å². The van der Waals surface area contributed by atoms with E-state index < -0.39 is 12.2 Å². The van der Waals surface area contributed by atoms with Crippen molar-refractivity contribution < 1.29 is 19.7 Å². The molecular weight excluding hydrogens is 232 g/mol. The number of rotatable bonds is 8. The van der Waals surface area contributed by atoms with Crippen molar-refractivity contribution in [3.63, 3.8) is 0 Å². The van der Waals surface area contributed by atoms with Crippen LogP contribution in [0.25, 0.3) is 0 Å². The summed E-state index contributed by atoms with van der Waals surface area (Å²) in [6.07, 6.45) is 2.95. The molecule has 0 aromatic heterocycles. The van der Waals surface area contributed by atoms with E-state index in [1.807, 2.05) is 0 Å². The monoisotopic (exact) mass is 254 g/mol. The van der Waals surface area contributed by atoms with Crippen LogP contribution in [0.4, 0.5) is 0 Å². The number of methoxy groups -OCH3 is 1. The lowest BCUT2D eigenvalue weighted by Crippen LogP contribution is -2.33. The Kier molecular flexibility index (Phi) is 7.83. The molecule has 2 unspecified atom stereocenters. The summed E-state index contributed by atoms with van der Waals surface area (Å²) in [5.74, 6) is 0.909. The van der Waals surface area contributed by atoms with E-state index in [2.05, 4.69) is 13.2 Å². The molecule has 4 heteroatoms.